The minimum atomic E-state index is 0.632. The summed E-state index contributed by atoms with van der Waals surface area (Å²) in [5, 5.41) is 3.09. The van der Waals surface area contributed by atoms with Crippen molar-refractivity contribution in [3.63, 3.8) is 0 Å². The molecule has 0 saturated heterocycles. The van der Waals surface area contributed by atoms with Gasteiger partial charge in [-0.3, -0.25) is 9.38 Å². The Morgan fingerprint density at radius 3 is 2.94 bits per heavy atom. The number of aromatic nitrogens is 3. The number of nitrogens with two attached hydrogens (primary N) is 1. The smallest absolute Gasteiger partial charge is 0.194 e. The number of nitrogens with zero attached hydrogens (tertiary/aromatic N) is 3. The van der Waals surface area contributed by atoms with Gasteiger partial charge in [0.05, 0.1) is 5.69 Å². The first-order valence-electron chi connectivity index (χ1n) is 5.61. The number of thiazole rings is 1. The molecular weight excluding hydrogens is 264 g/mol. The van der Waals surface area contributed by atoms with Crippen molar-refractivity contribution in [2.75, 3.05) is 6.54 Å². The predicted molar refractivity (Wildman–Crippen MR) is 74.2 cm³/mol. The lowest BCUT2D eigenvalue weighted by Gasteiger charge is -2.02. The fraction of sp³-hybridized carbons (Fsp3) is 0.167. The van der Waals surface area contributed by atoms with Crippen LogP contribution in [0.4, 0.5) is 0 Å². The first kappa shape index (κ1) is 11.7. The minimum absolute atomic E-state index is 0.632. The number of hydrogen-bond acceptors (Lipinski definition) is 5. The number of imidazole rings is 1. The van der Waals surface area contributed by atoms with E-state index in [0.29, 0.717) is 6.54 Å². The van der Waals surface area contributed by atoms with Gasteiger partial charge in [-0.1, -0.05) is 11.8 Å². The van der Waals surface area contributed by atoms with E-state index >= 15 is 0 Å². The van der Waals surface area contributed by atoms with Crippen LogP contribution in [0.15, 0.2) is 46.0 Å². The maximum absolute atomic E-state index is 5.68. The van der Waals surface area contributed by atoms with Crippen LogP contribution in [0, 0.1) is 0 Å². The van der Waals surface area contributed by atoms with Crippen LogP contribution in [0.25, 0.3) is 4.96 Å². The zero-order valence-corrected chi connectivity index (χ0v) is 11.2. The Kier molecular flexibility index (Phi) is 3.31. The number of rotatable bonds is 4. The van der Waals surface area contributed by atoms with Crippen molar-refractivity contribution in [2.45, 2.75) is 16.3 Å². The average Bonchev–Trinajstić information content (AvgIpc) is 2.95. The van der Waals surface area contributed by atoms with E-state index in [0.717, 1.165) is 21.3 Å². The Labute approximate surface area is 113 Å². The summed E-state index contributed by atoms with van der Waals surface area (Å²) in [6, 6.07) is 3.98. The van der Waals surface area contributed by atoms with Crippen LogP contribution in [0.2, 0.25) is 0 Å². The van der Waals surface area contributed by atoms with Crippen LogP contribution in [-0.2, 0) is 6.42 Å². The summed E-state index contributed by atoms with van der Waals surface area (Å²) in [6.45, 7) is 0.632. The molecule has 6 heteroatoms. The molecule has 3 heterocycles. The summed E-state index contributed by atoms with van der Waals surface area (Å²) < 4.78 is 2.13. The van der Waals surface area contributed by atoms with E-state index in [-0.39, 0.29) is 0 Å². The van der Waals surface area contributed by atoms with E-state index in [9.17, 15) is 0 Å². The van der Waals surface area contributed by atoms with Crippen molar-refractivity contribution < 1.29 is 0 Å². The van der Waals surface area contributed by atoms with E-state index < -0.39 is 0 Å². The highest BCUT2D eigenvalue weighted by molar-refractivity contribution is 7.99. The van der Waals surface area contributed by atoms with Crippen molar-refractivity contribution in [3.8, 4) is 0 Å². The first-order valence-corrected chi connectivity index (χ1v) is 7.30. The molecular formula is C12H12N4S2. The average molecular weight is 276 g/mol. The zero-order chi connectivity index (χ0) is 12.4. The molecule has 0 aromatic carbocycles. The maximum Gasteiger partial charge on any atom is 0.194 e. The Hall–Kier alpha value is -1.37. The van der Waals surface area contributed by atoms with Crippen molar-refractivity contribution in [3.05, 3.63) is 41.8 Å². The highest BCUT2D eigenvalue weighted by Crippen LogP contribution is 2.31. The van der Waals surface area contributed by atoms with Crippen LogP contribution >= 0.6 is 23.1 Å². The van der Waals surface area contributed by atoms with Crippen LogP contribution in [0.3, 0.4) is 0 Å². The molecule has 0 amide bonds. The molecule has 0 spiro atoms. The lowest BCUT2D eigenvalue weighted by Crippen LogP contribution is -2.05. The van der Waals surface area contributed by atoms with Crippen molar-refractivity contribution in [1.82, 2.24) is 14.4 Å². The van der Waals surface area contributed by atoms with E-state index in [4.69, 9.17) is 5.73 Å². The molecule has 3 aromatic rings. The first-order chi connectivity index (χ1) is 8.88. The highest BCUT2D eigenvalue weighted by Gasteiger charge is 2.13. The van der Waals surface area contributed by atoms with Gasteiger partial charge in [0.15, 0.2) is 4.96 Å². The molecule has 3 aromatic heterocycles. The lowest BCUT2D eigenvalue weighted by atomic mass is 10.3. The summed E-state index contributed by atoms with van der Waals surface area (Å²) in [5.74, 6) is 0. The Balaban J connectivity index is 2.00. The topological polar surface area (TPSA) is 56.2 Å². The van der Waals surface area contributed by atoms with Crippen LogP contribution in [0.1, 0.15) is 5.69 Å². The van der Waals surface area contributed by atoms with Crippen molar-refractivity contribution in [1.29, 1.82) is 0 Å². The second-order valence-electron chi connectivity index (χ2n) is 3.74. The lowest BCUT2D eigenvalue weighted by molar-refractivity contribution is 0.879. The minimum Gasteiger partial charge on any atom is -0.330 e. The molecule has 2 N–H and O–H groups in total. The van der Waals surface area contributed by atoms with Gasteiger partial charge >= 0.3 is 0 Å². The van der Waals surface area contributed by atoms with Gasteiger partial charge in [-0.05, 0) is 18.7 Å². The molecule has 92 valence electrons. The Morgan fingerprint density at radius 1 is 1.33 bits per heavy atom. The third-order valence-corrected chi connectivity index (χ3v) is 4.35. The van der Waals surface area contributed by atoms with Gasteiger partial charge in [0, 0.05) is 35.3 Å². The Morgan fingerprint density at radius 2 is 2.17 bits per heavy atom. The molecule has 4 nitrogen and oxygen atoms in total. The van der Waals surface area contributed by atoms with Gasteiger partial charge in [-0.25, -0.2) is 4.98 Å². The summed E-state index contributed by atoms with van der Waals surface area (Å²) in [4.78, 5) is 10.8. The summed E-state index contributed by atoms with van der Waals surface area (Å²) in [6.07, 6.45) is 6.48. The molecule has 0 fully saturated rings. The molecule has 3 rings (SSSR count). The molecule has 0 saturated carbocycles. The SMILES string of the molecule is NCCc1c(Sc2ccncc2)nc2sccn12. The fourth-order valence-corrected chi connectivity index (χ4v) is 3.50. The second kappa shape index (κ2) is 5.09. The largest absolute Gasteiger partial charge is 0.330 e. The summed E-state index contributed by atoms with van der Waals surface area (Å²) in [5.41, 5.74) is 6.88. The van der Waals surface area contributed by atoms with Gasteiger partial charge in [-0.2, -0.15) is 0 Å². The van der Waals surface area contributed by atoms with E-state index in [1.54, 1.807) is 35.5 Å². The summed E-state index contributed by atoms with van der Waals surface area (Å²) >= 11 is 3.31. The normalized spacial score (nSPS) is 11.2. The summed E-state index contributed by atoms with van der Waals surface area (Å²) in [7, 11) is 0. The highest BCUT2D eigenvalue weighted by atomic mass is 32.2. The Bertz CT molecular complexity index is 644. The fourth-order valence-electron chi connectivity index (χ4n) is 1.78. The van der Waals surface area contributed by atoms with Gasteiger partial charge in [0.25, 0.3) is 0 Å². The van der Waals surface area contributed by atoms with Gasteiger partial charge in [-0.15, -0.1) is 11.3 Å². The van der Waals surface area contributed by atoms with Crippen molar-refractivity contribution in [2.24, 2.45) is 5.73 Å². The number of pyridine rings is 1. The van der Waals surface area contributed by atoms with E-state index in [1.807, 2.05) is 17.5 Å². The van der Waals surface area contributed by atoms with Gasteiger partial charge < -0.3 is 5.73 Å². The molecule has 0 radical (unpaired) electrons. The standard InChI is InChI=1S/C12H12N4S2/c13-4-1-10-11(15-12-16(10)7-8-17-12)18-9-2-5-14-6-3-9/h2-3,5-8H,1,4,13H2. The molecule has 18 heavy (non-hydrogen) atoms. The van der Waals surface area contributed by atoms with Gasteiger partial charge in [0.2, 0.25) is 0 Å². The van der Waals surface area contributed by atoms with E-state index in [1.165, 1.54) is 5.69 Å². The second-order valence-corrected chi connectivity index (χ2v) is 5.68. The molecule has 0 aliphatic heterocycles. The molecule has 0 atom stereocenters. The van der Waals surface area contributed by atoms with Crippen LogP contribution < -0.4 is 5.73 Å². The molecule has 0 bridgehead atoms. The molecule has 0 aliphatic carbocycles. The molecule has 0 unspecified atom stereocenters. The predicted octanol–water partition coefficient (Wildman–Crippen LogP) is 2.44. The number of hydrogen-bond donors (Lipinski definition) is 1. The molecule has 0 aliphatic rings. The van der Waals surface area contributed by atoms with Crippen LogP contribution in [-0.4, -0.2) is 20.9 Å². The number of fused-ring (bicyclic) bond motifs is 1. The quantitative estimate of drug-likeness (QED) is 0.795. The van der Waals surface area contributed by atoms with Gasteiger partial charge in [0.1, 0.15) is 5.03 Å². The maximum atomic E-state index is 5.68. The zero-order valence-electron chi connectivity index (χ0n) is 9.61. The third kappa shape index (κ3) is 2.14. The monoisotopic (exact) mass is 276 g/mol. The van der Waals surface area contributed by atoms with E-state index in [2.05, 4.69) is 20.6 Å². The van der Waals surface area contributed by atoms with Crippen LogP contribution in [0.5, 0.6) is 0 Å². The third-order valence-electron chi connectivity index (χ3n) is 2.57. The van der Waals surface area contributed by atoms with Crippen molar-refractivity contribution >= 4 is 28.1 Å².